The van der Waals surface area contributed by atoms with E-state index in [9.17, 15) is 0 Å². The third kappa shape index (κ3) is 2.70. The highest BCUT2D eigenvalue weighted by Crippen LogP contribution is 2.27. The van der Waals surface area contributed by atoms with Crippen molar-refractivity contribution in [2.75, 3.05) is 7.05 Å². The SMILES string of the molecule is CNCc1c(C)nn(C)c1Oc1cncc(Br)c1. The Morgan fingerprint density at radius 1 is 1.44 bits per heavy atom. The molecule has 0 bridgehead atoms. The first-order valence-corrected chi connectivity index (χ1v) is 6.36. The van der Waals surface area contributed by atoms with Crippen molar-refractivity contribution in [3.05, 3.63) is 34.2 Å². The van der Waals surface area contributed by atoms with Crippen LogP contribution in [0.5, 0.6) is 11.6 Å². The summed E-state index contributed by atoms with van der Waals surface area (Å²) in [4.78, 5) is 4.08. The lowest BCUT2D eigenvalue weighted by molar-refractivity contribution is 0.422. The van der Waals surface area contributed by atoms with Crippen molar-refractivity contribution in [2.24, 2.45) is 7.05 Å². The second-order valence-electron chi connectivity index (χ2n) is 3.96. The first-order chi connectivity index (χ1) is 8.61. The fraction of sp³-hybridized carbons (Fsp3) is 0.333. The van der Waals surface area contributed by atoms with E-state index in [1.54, 1.807) is 17.1 Å². The van der Waals surface area contributed by atoms with Crippen LogP contribution in [0.3, 0.4) is 0 Å². The summed E-state index contributed by atoms with van der Waals surface area (Å²) in [6.45, 7) is 2.69. The molecule has 5 nitrogen and oxygen atoms in total. The van der Waals surface area contributed by atoms with Gasteiger partial charge in [0.1, 0.15) is 5.75 Å². The van der Waals surface area contributed by atoms with Crippen molar-refractivity contribution in [1.29, 1.82) is 0 Å². The van der Waals surface area contributed by atoms with Crippen molar-refractivity contribution in [3.8, 4) is 11.6 Å². The van der Waals surface area contributed by atoms with Crippen LogP contribution < -0.4 is 10.1 Å². The molecule has 2 aromatic heterocycles. The molecule has 0 aliphatic carbocycles. The molecule has 6 heteroatoms. The molecule has 0 amide bonds. The quantitative estimate of drug-likeness (QED) is 0.942. The zero-order valence-corrected chi connectivity index (χ0v) is 12.2. The second-order valence-corrected chi connectivity index (χ2v) is 4.88. The smallest absolute Gasteiger partial charge is 0.222 e. The number of pyridine rings is 1. The Balaban J connectivity index is 2.33. The summed E-state index contributed by atoms with van der Waals surface area (Å²) in [7, 11) is 3.77. The van der Waals surface area contributed by atoms with Crippen molar-refractivity contribution in [1.82, 2.24) is 20.1 Å². The van der Waals surface area contributed by atoms with Gasteiger partial charge in [0, 0.05) is 24.3 Å². The molecular weight excluding hydrogens is 296 g/mol. The minimum absolute atomic E-state index is 0.685. The van der Waals surface area contributed by atoms with Crippen molar-refractivity contribution >= 4 is 15.9 Å². The second kappa shape index (κ2) is 5.49. The number of ether oxygens (including phenoxy) is 1. The van der Waals surface area contributed by atoms with Crippen molar-refractivity contribution in [3.63, 3.8) is 0 Å². The third-order valence-corrected chi connectivity index (χ3v) is 2.97. The zero-order chi connectivity index (χ0) is 13.1. The predicted octanol–water partition coefficient (Wildman–Crippen LogP) is 2.40. The molecule has 0 unspecified atom stereocenters. The fourth-order valence-electron chi connectivity index (χ4n) is 1.75. The molecule has 18 heavy (non-hydrogen) atoms. The summed E-state index contributed by atoms with van der Waals surface area (Å²) >= 11 is 3.37. The first-order valence-electron chi connectivity index (χ1n) is 5.57. The standard InChI is InChI=1S/C12H15BrN4O/c1-8-11(7-14-2)12(17(3)16-8)18-10-4-9(13)5-15-6-10/h4-6,14H,7H2,1-3H3. The normalized spacial score (nSPS) is 10.7. The summed E-state index contributed by atoms with van der Waals surface area (Å²) in [6, 6.07) is 1.87. The van der Waals surface area contributed by atoms with E-state index in [1.807, 2.05) is 27.1 Å². The maximum absolute atomic E-state index is 5.86. The van der Waals surface area contributed by atoms with Gasteiger partial charge >= 0.3 is 0 Å². The van der Waals surface area contributed by atoms with Gasteiger partial charge in [0.15, 0.2) is 0 Å². The van der Waals surface area contributed by atoms with Gasteiger partial charge in [-0.1, -0.05) is 0 Å². The van der Waals surface area contributed by atoms with Gasteiger partial charge in [0.25, 0.3) is 0 Å². The van der Waals surface area contributed by atoms with Crippen molar-refractivity contribution < 1.29 is 4.74 Å². The monoisotopic (exact) mass is 310 g/mol. The Morgan fingerprint density at radius 2 is 2.22 bits per heavy atom. The van der Waals surface area contributed by atoms with Crippen LogP contribution in [0.25, 0.3) is 0 Å². The van der Waals surface area contributed by atoms with E-state index < -0.39 is 0 Å². The van der Waals surface area contributed by atoms with Crippen LogP contribution in [-0.2, 0) is 13.6 Å². The molecule has 0 saturated carbocycles. The van der Waals surface area contributed by atoms with Gasteiger partial charge in [-0.25, -0.2) is 4.68 Å². The molecule has 0 atom stereocenters. The Bertz CT molecular complexity index is 553. The van der Waals surface area contributed by atoms with E-state index in [-0.39, 0.29) is 0 Å². The molecule has 0 aliphatic heterocycles. The lowest BCUT2D eigenvalue weighted by atomic mass is 10.2. The number of aromatic nitrogens is 3. The summed E-state index contributed by atoms with van der Waals surface area (Å²) < 4.78 is 8.48. The summed E-state index contributed by atoms with van der Waals surface area (Å²) in [5.41, 5.74) is 2.02. The topological polar surface area (TPSA) is 52.0 Å². The van der Waals surface area contributed by atoms with Gasteiger partial charge < -0.3 is 10.1 Å². The molecule has 1 N–H and O–H groups in total. The minimum Gasteiger partial charge on any atom is -0.437 e. The first kappa shape index (κ1) is 13.0. The van der Waals surface area contributed by atoms with E-state index in [1.165, 1.54) is 0 Å². The molecule has 0 aliphatic rings. The molecule has 0 fully saturated rings. The van der Waals surface area contributed by atoms with Gasteiger partial charge in [0.2, 0.25) is 5.88 Å². The molecule has 0 radical (unpaired) electrons. The molecule has 0 saturated heterocycles. The number of hydrogen-bond acceptors (Lipinski definition) is 4. The maximum Gasteiger partial charge on any atom is 0.222 e. The molecule has 0 spiro atoms. The Kier molecular flexibility index (Phi) is 3.98. The Morgan fingerprint density at radius 3 is 2.89 bits per heavy atom. The van der Waals surface area contributed by atoms with E-state index in [0.717, 1.165) is 28.2 Å². The average molecular weight is 311 g/mol. The van der Waals surface area contributed by atoms with Crippen molar-refractivity contribution in [2.45, 2.75) is 13.5 Å². The van der Waals surface area contributed by atoms with Gasteiger partial charge in [-0.2, -0.15) is 5.10 Å². The number of hydrogen-bond donors (Lipinski definition) is 1. The number of halogens is 1. The minimum atomic E-state index is 0.685. The fourth-order valence-corrected chi connectivity index (χ4v) is 2.09. The largest absolute Gasteiger partial charge is 0.437 e. The number of nitrogens with one attached hydrogen (secondary N) is 1. The highest BCUT2D eigenvalue weighted by molar-refractivity contribution is 9.10. The number of aryl methyl sites for hydroxylation is 2. The Hall–Kier alpha value is -1.40. The van der Waals surface area contributed by atoms with E-state index in [2.05, 4.69) is 31.3 Å². The van der Waals surface area contributed by atoms with Gasteiger partial charge in [-0.15, -0.1) is 0 Å². The lowest BCUT2D eigenvalue weighted by Crippen LogP contribution is -2.07. The maximum atomic E-state index is 5.86. The van der Waals surface area contributed by atoms with E-state index >= 15 is 0 Å². The van der Waals surface area contributed by atoms with Crippen LogP contribution in [0, 0.1) is 6.92 Å². The van der Waals surface area contributed by atoms with Crippen LogP contribution in [0.4, 0.5) is 0 Å². The molecule has 0 aromatic carbocycles. The van der Waals surface area contributed by atoms with Gasteiger partial charge in [-0.3, -0.25) is 4.98 Å². The molecule has 96 valence electrons. The summed E-state index contributed by atoms with van der Waals surface area (Å²) in [5.74, 6) is 1.42. The van der Waals surface area contributed by atoms with Crippen LogP contribution in [0.15, 0.2) is 22.9 Å². The van der Waals surface area contributed by atoms with Crippen LogP contribution in [-0.4, -0.2) is 21.8 Å². The van der Waals surface area contributed by atoms with E-state index in [0.29, 0.717) is 5.75 Å². The van der Waals surface area contributed by atoms with Crippen LogP contribution >= 0.6 is 15.9 Å². The van der Waals surface area contributed by atoms with Gasteiger partial charge in [0.05, 0.1) is 17.5 Å². The Labute approximate surface area is 114 Å². The molecule has 2 aromatic rings. The third-order valence-electron chi connectivity index (χ3n) is 2.54. The van der Waals surface area contributed by atoms with E-state index in [4.69, 9.17) is 4.74 Å². The molecule has 2 heterocycles. The van der Waals surface area contributed by atoms with Crippen LogP contribution in [0.2, 0.25) is 0 Å². The predicted molar refractivity (Wildman–Crippen MR) is 72.7 cm³/mol. The number of rotatable bonds is 4. The zero-order valence-electron chi connectivity index (χ0n) is 10.6. The highest BCUT2D eigenvalue weighted by Gasteiger charge is 2.14. The average Bonchev–Trinajstić information content (AvgIpc) is 2.57. The highest BCUT2D eigenvalue weighted by atomic mass is 79.9. The summed E-state index contributed by atoms with van der Waals surface area (Å²) in [5, 5.41) is 7.49. The molecular formula is C12H15BrN4O. The van der Waals surface area contributed by atoms with Crippen LogP contribution in [0.1, 0.15) is 11.3 Å². The number of nitrogens with zero attached hydrogens (tertiary/aromatic N) is 3. The summed E-state index contributed by atoms with van der Waals surface area (Å²) in [6.07, 6.45) is 3.39. The lowest BCUT2D eigenvalue weighted by Gasteiger charge is -2.08. The molecule has 2 rings (SSSR count). The van der Waals surface area contributed by atoms with Gasteiger partial charge in [-0.05, 0) is 36.0 Å².